The van der Waals surface area contributed by atoms with E-state index in [1.807, 2.05) is 6.07 Å². The van der Waals surface area contributed by atoms with Crippen molar-refractivity contribution in [1.82, 2.24) is 0 Å². The van der Waals surface area contributed by atoms with E-state index >= 15 is 0 Å². The van der Waals surface area contributed by atoms with E-state index in [0.29, 0.717) is 5.69 Å². The Kier molecular flexibility index (Phi) is 8.58. The maximum Gasteiger partial charge on any atom is 0.157 e. The van der Waals surface area contributed by atoms with Crippen molar-refractivity contribution >= 4 is 5.69 Å². The van der Waals surface area contributed by atoms with Gasteiger partial charge in [-0.1, -0.05) is 18.2 Å². The highest BCUT2D eigenvalue weighted by atomic mass is 16.6. The molecule has 10 unspecified atom stereocenters. The fourth-order valence-corrected chi connectivity index (χ4v) is 3.86. The van der Waals surface area contributed by atoms with E-state index in [1.165, 1.54) is 0 Å². The molecule has 0 radical (unpaired) electrons. The highest BCUT2D eigenvalue weighted by molar-refractivity contribution is 5.43. The van der Waals surface area contributed by atoms with Crippen molar-refractivity contribution < 1.29 is 50.0 Å². The quantitative estimate of drug-likeness (QED) is 0.204. The third kappa shape index (κ3) is 5.52. The van der Waals surface area contributed by atoms with E-state index in [4.69, 9.17) is 14.2 Å². The summed E-state index contributed by atoms with van der Waals surface area (Å²) in [7, 11) is 0. The van der Waals surface area contributed by atoms with Crippen molar-refractivity contribution in [3.63, 3.8) is 0 Å². The standard InChI is InChI=1S/C20H31NO10/c22-6-12-11(8-29-9-14-17(26)18(27)16(25)13(7-23)30-14)15(24)19(28)20(31-12)21-10-4-2-1-3-5-10/h1-5,11-28H,6-9H2. The summed E-state index contributed by atoms with van der Waals surface area (Å²) in [6.07, 6.45) is -10.9. The maximum absolute atomic E-state index is 10.6. The highest BCUT2D eigenvalue weighted by Crippen LogP contribution is 2.28. The van der Waals surface area contributed by atoms with Gasteiger partial charge in [0.05, 0.1) is 38.6 Å². The fourth-order valence-electron chi connectivity index (χ4n) is 3.86. The van der Waals surface area contributed by atoms with Crippen molar-refractivity contribution in [2.75, 3.05) is 31.7 Å². The van der Waals surface area contributed by atoms with Crippen molar-refractivity contribution in [2.24, 2.45) is 5.92 Å². The van der Waals surface area contributed by atoms with Crippen molar-refractivity contribution in [2.45, 2.75) is 55.1 Å². The highest BCUT2D eigenvalue weighted by Gasteiger charge is 2.46. The molecule has 176 valence electrons. The van der Waals surface area contributed by atoms with Gasteiger partial charge in [-0.3, -0.25) is 0 Å². The first-order chi connectivity index (χ1) is 14.9. The number of para-hydroxylation sites is 1. The van der Waals surface area contributed by atoms with E-state index < -0.39 is 74.2 Å². The molecule has 2 aliphatic rings. The second-order valence-electron chi connectivity index (χ2n) is 7.84. The first-order valence-electron chi connectivity index (χ1n) is 10.2. The zero-order valence-electron chi connectivity index (χ0n) is 16.8. The van der Waals surface area contributed by atoms with Crippen LogP contribution in [0.1, 0.15) is 0 Å². The molecule has 2 heterocycles. The van der Waals surface area contributed by atoms with Crippen LogP contribution in [0.3, 0.4) is 0 Å². The van der Waals surface area contributed by atoms with Crippen molar-refractivity contribution in [1.29, 1.82) is 0 Å². The molecule has 2 aliphatic heterocycles. The lowest BCUT2D eigenvalue weighted by Crippen LogP contribution is -2.60. The molecule has 0 spiro atoms. The Bertz CT molecular complexity index is 663. The third-order valence-electron chi connectivity index (χ3n) is 5.74. The Morgan fingerprint density at radius 2 is 1.35 bits per heavy atom. The van der Waals surface area contributed by atoms with Crippen LogP contribution in [-0.2, 0) is 14.2 Å². The molecular formula is C20H31NO10. The topological polar surface area (TPSA) is 181 Å². The van der Waals surface area contributed by atoms with Crippen LogP contribution < -0.4 is 5.32 Å². The van der Waals surface area contributed by atoms with Gasteiger partial charge in [0, 0.05) is 11.6 Å². The molecule has 10 atom stereocenters. The number of aliphatic hydroxyl groups is 7. The number of hydrogen-bond donors (Lipinski definition) is 8. The van der Waals surface area contributed by atoms with Gasteiger partial charge in [-0.2, -0.15) is 0 Å². The SMILES string of the molecule is OCC1OC(COCC2C(CO)OC(Nc3ccccc3)C(O)C2O)C(O)C(O)C1O. The van der Waals surface area contributed by atoms with Gasteiger partial charge in [-0.15, -0.1) is 0 Å². The first-order valence-corrected chi connectivity index (χ1v) is 10.2. The summed E-state index contributed by atoms with van der Waals surface area (Å²) in [5, 5.41) is 72.7. The summed E-state index contributed by atoms with van der Waals surface area (Å²) in [4.78, 5) is 0. The average molecular weight is 445 g/mol. The van der Waals surface area contributed by atoms with E-state index in [-0.39, 0.29) is 13.2 Å². The first kappa shape index (κ1) is 24.3. The second-order valence-corrected chi connectivity index (χ2v) is 7.84. The van der Waals surface area contributed by atoms with E-state index in [2.05, 4.69) is 5.32 Å². The van der Waals surface area contributed by atoms with Crippen LogP contribution in [-0.4, -0.2) is 117 Å². The van der Waals surface area contributed by atoms with Gasteiger partial charge >= 0.3 is 0 Å². The molecule has 0 bridgehead atoms. The number of anilines is 1. The Morgan fingerprint density at radius 1 is 0.710 bits per heavy atom. The van der Waals surface area contributed by atoms with Crippen LogP contribution in [0.25, 0.3) is 0 Å². The Hall–Kier alpha value is -1.38. The molecule has 2 fully saturated rings. The Balaban J connectivity index is 1.56. The lowest BCUT2D eigenvalue weighted by Gasteiger charge is -2.43. The summed E-state index contributed by atoms with van der Waals surface area (Å²) in [5.74, 6) is -0.779. The Labute approximate surface area is 179 Å². The van der Waals surface area contributed by atoms with Gasteiger partial charge in [0.15, 0.2) is 6.23 Å². The van der Waals surface area contributed by atoms with Crippen LogP contribution in [0.2, 0.25) is 0 Å². The van der Waals surface area contributed by atoms with Gasteiger partial charge in [0.2, 0.25) is 0 Å². The summed E-state index contributed by atoms with van der Waals surface area (Å²) in [6.45, 7) is -1.34. The minimum Gasteiger partial charge on any atom is -0.394 e. The maximum atomic E-state index is 10.6. The lowest BCUT2D eigenvalue weighted by molar-refractivity contribution is -0.245. The summed E-state index contributed by atoms with van der Waals surface area (Å²) in [5.41, 5.74) is 0.674. The summed E-state index contributed by atoms with van der Waals surface area (Å²) < 4.78 is 16.6. The largest absolute Gasteiger partial charge is 0.394 e. The van der Waals surface area contributed by atoms with Crippen LogP contribution in [0.15, 0.2) is 30.3 Å². The van der Waals surface area contributed by atoms with Gasteiger partial charge in [0.25, 0.3) is 0 Å². The molecule has 31 heavy (non-hydrogen) atoms. The summed E-state index contributed by atoms with van der Waals surface area (Å²) in [6, 6.07) is 8.97. The predicted octanol–water partition coefficient (Wildman–Crippen LogP) is -2.99. The normalized spacial score (nSPS) is 41.1. The molecule has 11 nitrogen and oxygen atoms in total. The third-order valence-corrected chi connectivity index (χ3v) is 5.74. The minimum atomic E-state index is -1.51. The molecule has 1 aromatic carbocycles. The smallest absolute Gasteiger partial charge is 0.157 e. The zero-order chi connectivity index (χ0) is 22.5. The lowest BCUT2D eigenvalue weighted by atomic mass is 9.89. The fraction of sp³-hybridized carbons (Fsp3) is 0.700. The molecule has 11 heteroatoms. The van der Waals surface area contributed by atoms with Crippen LogP contribution in [0.4, 0.5) is 5.69 Å². The van der Waals surface area contributed by atoms with Crippen molar-refractivity contribution in [3.8, 4) is 0 Å². The molecular weight excluding hydrogens is 414 g/mol. The monoisotopic (exact) mass is 445 g/mol. The number of nitrogens with one attached hydrogen (secondary N) is 1. The Morgan fingerprint density at radius 3 is 2.00 bits per heavy atom. The average Bonchev–Trinajstić information content (AvgIpc) is 2.78. The molecule has 0 saturated carbocycles. The van der Waals surface area contributed by atoms with Crippen LogP contribution >= 0.6 is 0 Å². The minimum absolute atomic E-state index is 0.142. The zero-order valence-corrected chi connectivity index (χ0v) is 16.8. The number of ether oxygens (including phenoxy) is 3. The van der Waals surface area contributed by atoms with Crippen LogP contribution in [0.5, 0.6) is 0 Å². The summed E-state index contributed by atoms with van der Waals surface area (Å²) >= 11 is 0. The second kappa shape index (κ2) is 11.0. The van der Waals surface area contributed by atoms with Crippen molar-refractivity contribution in [3.05, 3.63) is 30.3 Å². The number of hydrogen-bond acceptors (Lipinski definition) is 11. The van der Waals surface area contributed by atoms with Gasteiger partial charge in [-0.05, 0) is 12.1 Å². The number of benzene rings is 1. The molecule has 1 aromatic rings. The molecule has 2 saturated heterocycles. The molecule has 0 amide bonds. The van der Waals surface area contributed by atoms with E-state index in [1.54, 1.807) is 24.3 Å². The van der Waals surface area contributed by atoms with Gasteiger partial charge in [-0.25, -0.2) is 0 Å². The van der Waals surface area contributed by atoms with E-state index in [9.17, 15) is 35.7 Å². The van der Waals surface area contributed by atoms with E-state index in [0.717, 1.165) is 0 Å². The number of aliphatic hydroxyl groups excluding tert-OH is 7. The molecule has 0 aliphatic carbocycles. The molecule has 8 N–H and O–H groups in total. The molecule has 3 rings (SSSR count). The molecule has 0 aromatic heterocycles. The van der Waals surface area contributed by atoms with Gasteiger partial charge in [0.1, 0.15) is 36.6 Å². The van der Waals surface area contributed by atoms with Crippen LogP contribution in [0, 0.1) is 5.92 Å². The predicted molar refractivity (Wildman–Crippen MR) is 106 cm³/mol. The van der Waals surface area contributed by atoms with Gasteiger partial charge < -0.3 is 55.3 Å². The number of rotatable bonds is 8.